The van der Waals surface area contributed by atoms with Gasteiger partial charge in [-0.05, 0) is 51.4 Å². The van der Waals surface area contributed by atoms with Crippen molar-refractivity contribution < 1.29 is 50.0 Å². The third-order valence-corrected chi connectivity index (χ3v) is 13.5. The Hall–Kier alpha value is -1.41. The predicted octanol–water partition coefficient (Wildman–Crippen LogP) is 11.0. The van der Waals surface area contributed by atoms with Crippen molar-refractivity contribution in [2.75, 3.05) is 13.2 Å². The molecule has 9 atom stereocenters. The van der Waals surface area contributed by atoms with Crippen molar-refractivity contribution in [3.8, 4) is 0 Å². The molecule has 0 bridgehead atoms. The smallest absolute Gasteiger partial charge is 0.249 e. The molecule has 0 aromatic carbocycles. The Morgan fingerprint density at radius 1 is 0.515 bits per heavy atom. The molecule has 9 unspecified atom stereocenters. The average Bonchev–Trinajstić information content (AvgIpc) is 3.32. The minimum absolute atomic E-state index is 0.248. The van der Waals surface area contributed by atoms with Crippen LogP contribution in [0, 0.1) is 0 Å². The lowest BCUT2D eigenvalue weighted by Gasteiger charge is -2.40. The quantitative estimate of drug-likeness (QED) is 0.0215. The first-order valence-electron chi connectivity index (χ1n) is 27.7. The van der Waals surface area contributed by atoms with Crippen LogP contribution >= 0.6 is 0 Å². The maximum absolute atomic E-state index is 13.2. The van der Waals surface area contributed by atoms with Crippen molar-refractivity contribution in [1.82, 2.24) is 5.32 Å². The lowest BCUT2D eigenvalue weighted by Crippen LogP contribution is -2.60. The van der Waals surface area contributed by atoms with Gasteiger partial charge in [0.25, 0.3) is 0 Å². The van der Waals surface area contributed by atoms with Crippen LogP contribution in [0.15, 0.2) is 24.3 Å². The molecule has 8 N–H and O–H groups in total. The Bertz CT molecular complexity index is 1120. The summed E-state index contributed by atoms with van der Waals surface area (Å²) in [5.74, 6) is -0.707. The topological polar surface area (TPSA) is 189 Å². The Morgan fingerprint density at radius 3 is 1.35 bits per heavy atom. The predicted molar refractivity (Wildman–Crippen MR) is 270 cm³/mol. The van der Waals surface area contributed by atoms with E-state index in [9.17, 15) is 40.5 Å². The van der Waals surface area contributed by atoms with E-state index in [0.717, 1.165) is 38.5 Å². The molecule has 0 aromatic rings. The van der Waals surface area contributed by atoms with Crippen molar-refractivity contribution in [2.24, 2.45) is 0 Å². The van der Waals surface area contributed by atoms with Crippen LogP contribution in [-0.4, -0.2) is 110 Å². The van der Waals surface area contributed by atoms with Gasteiger partial charge < -0.3 is 50.5 Å². The van der Waals surface area contributed by atoms with E-state index in [2.05, 4.69) is 43.5 Å². The Balaban J connectivity index is 2.34. The van der Waals surface area contributed by atoms with Crippen LogP contribution in [0.1, 0.15) is 251 Å². The van der Waals surface area contributed by atoms with Gasteiger partial charge in [0.1, 0.15) is 36.6 Å². The number of hydrogen-bond donors (Lipinski definition) is 8. The van der Waals surface area contributed by atoms with E-state index in [4.69, 9.17) is 9.47 Å². The van der Waals surface area contributed by atoms with Gasteiger partial charge in [0.15, 0.2) is 6.29 Å². The highest BCUT2D eigenvalue weighted by Gasteiger charge is 2.44. The molecule has 1 heterocycles. The average molecular weight is 940 g/mol. The first kappa shape index (κ1) is 62.6. The molecular weight excluding hydrogens is 835 g/mol. The summed E-state index contributed by atoms with van der Waals surface area (Å²) in [6.45, 7) is 3.45. The third-order valence-electron chi connectivity index (χ3n) is 13.5. The Labute approximate surface area is 404 Å². The van der Waals surface area contributed by atoms with Crippen LogP contribution in [0.2, 0.25) is 0 Å². The van der Waals surface area contributed by atoms with Gasteiger partial charge in [0.05, 0.1) is 25.4 Å². The molecule has 11 nitrogen and oxygen atoms in total. The minimum atomic E-state index is -1.67. The van der Waals surface area contributed by atoms with Gasteiger partial charge in [-0.25, -0.2) is 0 Å². The highest BCUT2D eigenvalue weighted by atomic mass is 16.7. The fourth-order valence-corrected chi connectivity index (χ4v) is 8.93. The molecule has 390 valence electrons. The van der Waals surface area contributed by atoms with Crippen molar-refractivity contribution in [1.29, 1.82) is 0 Å². The molecule has 0 aromatic heterocycles. The zero-order valence-electron chi connectivity index (χ0n) is 42.4. The molecule has 0 saturated carbocycles. The largest absolute Gasteiger partial charge is 0.394 e. The summed E-state index contributed by atoms with van der Waals surface area (Å²) in [6.07, 6.45) is 40.9. The maximum atomic E-state index is 13.2. The van der Waals surface area contributed by atoms with Crippen LogP contribution in [0.25, 0.3) is 0 Å². The van der Waals surface area contributed by atoms with Crippen LogP contribution in [0.4, 0.5) is 0 Å². The lowest BCUT2D eigenvalue weighted by molar-refractivity contribution is -0.303. The molecular formula is C55H105NO10. The van der Waals surface area contributed by atoms with Gasteiger partial charge in [-0.3, -0.25) is 4.79 Å². The number of aliphatic hydroxyl groups is 7. The summed E-state index contributed by atoms with van der Waals surface area (Å²) in [5, 5.41) is 76.0. The van der Waals surface area contributed by atoms with Gasteiger partial charge in [0.2, 0.25) is 5.91 Å². The lowest BCUT2D eigenvalue weighted by atomic mass is 9.98. The molecule has 0 radical (unpaired) electrons. The molecule has 0 spiro atoms. The number of carbonyl (C=O) groups excluding carboxylic acids is 1. The Kier molecular flexibility index (Phi) is 42.5. The monoisotopic (exact) mass is 940 g/mol. The van der Waals surface area contributed by atoms with Crippen molar-refractivity contribution >= 4 is 5.91 Å². The number of nitrogens with one attached hydrogen (secondary N) is 1. The summed E-state index contributed by atoms with van der Waals surface area (Å²) in [5.41, 5.74) is 0. The molecule has 1 aliphatic heterocycles. The molecule has 1 aliphatic rings. The van der Waals surface area contributed by atoms with Crippen molar-refractivity contribution in [3.63, 3.8) is 0 Å². The second-order valence-corrected chi connectivity index (χ2v) is 19.6. The SMILES string of the molecule is CCCCCCCCC/C=C/CC/C=C/CCCC(O)C(O)C(COC1OC(CO)C(O)C(O)C1O)NC(=O)C(O)CCCCCCCCCCCCCCCCCCCCCCCCC. The molecule has 1 amide bonds. The van der Waals surface area contributed by atoms with E-state index in [1.54, 1.807) is 0 Å². The molecule has 0 aliphatic carbocycles. The van der Waals surface area contributed by atoms with E-state index in [1.807, 2.05) is 0 Å². The number of hydrogen-bond acceptors (Lipinski definition) is 10. The van der Waals surface area contributed by atoms with E-state index in [1.165, 1.54) is 167 Å². The van der Waals surface area contributed by atoms with Gasteiger partial charge >= 0.3 is 0 Å². The maximum Gasteiger partial charge on any atom is 0.249 e. The number of unbranched alkanes of at least 4 members (excludes halogenated alkanes) is 31. The second-order valence-electron chi connectivity index (χ2n) is 19.6. The van der Waals surface area contributed by atoms with Gasteiger partial charge in [0, 0.05) is 0 Å². The zero-order chi connectivity index (χ0) is 48.3. The molecule has 1 rings (SSSR count). The van der Waals surface area contributed by atoms with Gasteiger partial charge in [-0.1, -0.05) is 224 Å². The molecule has 11 heteroatoms. The summed E-state index contributed by atoms with van der Waals surface area (Å²) in [6, 6.07) is -1.19. The highest BCUT2D eigenvalue weighted by Crippen LogP contribution is 2.23. The normalized spacial score (nSPS) is 20.9. The fourth-order valence-electron chi connectivity index (χ4n) is 8.93. The van der Waals surface area contributed by atoms with E-state index >= 15 is 0 Å². The van der Waals surface area contributed by atoms with E-state index in [0.29, 0.717) is 19.3 Å². The van der Waals surface area contributed by atoms with Crippen LogP contribution in [-0.2, 0) is 14.3 Å². The number of allylic oxidation sites excluding steroid dienone is 4. The molecule has 1 fully saturated rings. The fraction of sp³-hybridized carbons (Fsp3) is 0.909. The minimum Gasteiger partial charge on any atom is -0.394 e. The first-order valence-corrected chi connectivity index (χ1v) is 27.7. The summed E-state index contributed by atoms with van der Waals surface area (Å²) in [7, 11) is 0. The second kappa shape index (κ2) is 44.8. The van der Waals surface area contributed by atoms with Gasteiger partial charge in [-0.2, -0.15) is 0 Å². The van der Waals surface area contributed by atoms with Crippen molar-refractivity contribution in [3.05, 3.63) is 24.3 Å². The first-order chi connectivity index (χ1) is 32.2. The van der Waals surface area contributed by atoms with Crippen LogP contribution < -0.4 is 5.32 Å². The number of aliphatic hydroxyl groups excluding tert-OH is 7. The Morgan fingerprint density at radius 2 is 0.909 bits per heavy atom. The summed E-state index contributed by atoms with van der Waals surface area (Å²) < 4.78 is 11.1. The number of ether oxygens (including phenoxy) is 2. The number of rotatable bonds is 47. The number of amides is 1. The summed E-state index contributed by atoms with van der Waals surface area (Å²) in [4.78, 5) is 13.2. The third kappa shape index (κ3) is 33.2. The van der Waals surface area contributed by atoms with E-state index < -0.39 is 74.2 Å². The standard InChI is InChI=1S/C55H105NO10/c1-3-5-7-9-11-13-15-17-19-21-22-23-24-25-26-27-29-31-33-35-37-39-41-43-48(59)54(64)56-46(45-65-55-53(63)52(62)51(61)49(44-57)66-55)50(60)47(58)42-40-38-36-34-32-30-28-20-18-16-14-12-10-8-6-4-2/h20,28,34,36,46-53,55,57-63H,3-19,21-27,29-33,35,37-45H2,1-2H3,(H,56,64)/b28-20+,36-34+. The van der Waals surface area contributed by atoms with Crippen molar-refractivity contribution in [2.45, 2.75) is 306 Å². The van der Waals surface area contributed by atoms with Gasteiger partial charge in [-0.15, -0.1) is 0 Å². The number of carbonyl (C=O) groups is 1. The van der Waals surface area contributed by atoms with Crippen LogP contribution in [0.5, 0.6) is 0 Å². The molecule has 1 saturated heterocycles. The highest BCUT2D eigenvalue weighted by molar-refractivity contribution is 5.80. The molecule has 66 heavy (non-hydrogen) atoms. The van der Waals surface area contributed by atoms with Crippen LogP contribution in [0.3, 0.4) is 0 Å². The zero-order valence-corrected chi connectivity index (χ0v) is 42.4. The summed E-state index contributed by atoms with van der Waals surface area (Å²) >= 11 is 0. The van der Waals surface area contributed by atoms with E-state index in [-0.39, 0.29) is 12.8 Å².